The summed E-state index contributed by atoms with van der Waals surface area (Å²) in [7, 11) is 0. The molecule has 0 heterocycles. The van der Waals surface area contributed by atoms with E-state index in [2.05, 4.69) is 10.6 Å². The Morgan fingerprint density at radius 1 is 1.09 bits per heavy atom. The maximum Gasteiger partial charge on any atom is 0.315 e. The van der Waals surface area contributed by atoms with Crippen LogP contribution in [0.25, 0.3) is 0 Å². The Morgan fingerprint density at radius 2 is 1.82 bits per heavy atom. The molecule has 0 aliphatic carbocycles. The van der Waals surface area contributed by atoms with Crippen LogP contribution >= 0.6 is 0 Å². The molecule has 22 heavy (non-hydrogen) atoms. The molecule has 0 bridgehead atoms. The third-order valence-electron chi connectivity index (χ3n) is 3.14. The maximum atomic E-state index is 13.4. The van der Waals surface area contributed by atoms with Crippen molar-refractivity contribution in [1.82, 2.24) is 10.6 Å². The van der Waals surface area contributed by atoms with E-state index in [1.165, 1.54) is 6.07 Å². The van der Waals surface area contributed by atoms with Crippen LogP contribution < -0.4 is 15.4 Å². The Morgan fingerprint density at radius 3 is 2.59 bits per heavy atom. The third-order valence-corrected chi connectivity index (χ3v) is 3.14. The van der Waals surface area contributed by atoms with Gasteiger partial charge in [-0.1, -0.05) is 36.4 Å². The van der Waals surface area contributed by atoms with E-state index in [4.69, 9.17) is 4.74 Å². The Hall–Kier alpha value is -2.56. The minimum atomic E-state index is -0.350. The van der Waals surface area contributed by atoms with Gasteiger partial charge in [-0.2, -0.15) is 0 Å². The number of aryl methyl sites for hydroxylation is 1. The van der Waals surface area contributed by atoms with Crippen LogP contribution in [0.1, 0.15) is 11.1 Å². The number of carbonyl (C=O) groups is 1. The van der Waals surface area contributed by atoms with E-state index < -0.39 is 0 Å². The zero-order valence-electron chi connectivity index (χ0n) is 12.4. The minimum Gasteiger partial charge on any atom is -0.491 e. The first-order valence-electron chi connectivity index (χ1n) is 7.10. The summed E-state index contributed by atoms with van der Waals surface area (Å²) in [6.45, 7) is 2.86. The smallest absolute Gasteiger partial charge is 0.315 e. The van der Waals surface area contributed by atoms with Gasteiger partial charge in [-0.25, -0.2) is 9.18 Å². The first-order chi connectivity index (χ1) is 10.7. The molecule has 4 nitrogen and oxygen atoms in total. The highest BCUT2D eigenvalue weighted by Gasteiger charge is 2.04. The molecule has 0 spiro atoms. The van der Waals surface area contributed by atoms with Gasteiger partial charge in [0.25, 0.3) is 0 Å². The molecular weight excluding hydrogens is 283 g/mol. The van der Waals surface area contributed by atoms with Crippen LogP contribution in [0, 0.1) is 12.7 Å². The van der Waals surface area contributed by atoms with E-state index in [9.17, 15) is 9.18 Å². The monoisotopic (exact) mass is 302 g/mol. The molecule has 0 fully saturated rings. The first kappa shape index (κ1) is 15.8. The Bertz CT molecular complexity index is 632. The summed E-state index contributed by atoms with van der Waals surface area (Å²) in [6.07, 6.45) is 0. The Balaban J connectivity index is 1.66. The van der Waals surface area contributed by atoms with E-state index in [1.54, 1.807) is 18.2 Å². The molecule has 0 aliphatic rings. The number of benzene rings is 2. The average molecular weight is 302 g/mol. The van der Waals surface area contributed by atoms with Crippen LogP contribution in [0.5, 0.6) is 5.75 Å². The lowest BCUT2D eigenvalue weighted by Gasteiger charge is -2.10. The summed E-state index contributed by atoms with van der Waals surface area (Å²) >= 11 is 0. The van der Waals surface area contributed by atoms with Crippen LogP contribution in [-0.4, -0.2) is 19.2 Å². The number of hydrogen-bond acceptors (Lipinski definition) is 2. The number of urea groups is 1. The van der Waals surface area contributed by atoms with Crippen molar-refractivity contribution in [3.63, 3.8) is 0 Å². The highest BCUT2D eigenvalue weighted by Crippen LogP contribution is 2.15. The zero-order chi connectivity index (χ0) is 15.8. The fourth-order valence-electron chi connectivity index (χ4n) is 1.92. The summed E-state index contributed by atoms with van der Waals surface area (Å²) in [5.41, 5.74) is 1.50. The summed E-state index contributed by atoms with van der Waals surface area (Å²) < 4.78 is 18.9. The van der Waals surface area contributed by atoms with Crippen molar-refractivity contribution in [2.24, 2.45) is 0 Å². The second kappa shape index (κ2) is 8.02. The maximum absolute atomic E-state index is 13.4. The molecule has 0 aliphatic heterocycles. The number of nitrogens with one attached hydrogen (secondary N) is 2. The van der Waals surface area contributed by atoms with E-state index in [0.29, 0.717) is 18.7 Å². The largest absolute Gasteiger partial charge is 0.491 e. The molecular formula is C17H19FN2O2. The van der Waals surface area contributed by atoms with Crippen molar-refractivity contribution < 1.29 is 13.9 Å². The second-order valence-corrected chi connectivity index (χ2v) is 4.81. The number of para-hydroxylation sites is 1. The van der Waals surface area contributed by atoms with Crippen LogP contribution in [-0.2, 0) is 6.54 Å². The summed E-state index contributed by atoms with van der Waals surface area (Å²) in [6, 6.07) is 13.7. The molecule has 0 aromatic heterocycles. The van der Waals surface area contributed by atoms with Gasteiger partial charge in [0.15, 0.2) is 0 Å². The van der Waals surface area contributed by atoms with Crippen molar-refractivity contribution in [3.05, 3.63) is 65.5 Å². The standard InChI is InChI=1S/C17H19FN2O2/c1-13-6-2-5-9-16(13)22-11-10-19-17(21)20-12-14-7-3-4-8-15(14)18/h2-9H,10-12H2,1H3,(H2,19,20,21). The van der Waals surface area contributed by atoms with Gasteiger partial charge < -0.3 is 15.4 Å². The quantitative estimate of drug-likeness (QED) is 0.806. The number of rotatable bonds is 6. The molecule has 0 atom stereocenters. The molecule has 2 amide bonds. The molecule has 116 valence electrons. The normalized spacial score (nSPS) is 10.1. The number of carbonyl (C=O) groups excluding carboxylic acids is 1. The van der Waals surface area contributed by atoms with E-state index in [-0.39, 0.29) is 18.4 Å². The van der Waals surface area contributed by atoms with Crippen molar-refractivity contribution in [2.45, 2.75) is 13.5 Å². The van der Waals surface area contributed by atoms with Crippen LogP contribution in [0.2, 0.25) is 0 Å². The number of amides is 2. The molecule has 2 aromatic carbocycles. The van der Waals surface area contributed by atoms with E-state index in [0.717, 1.165) is 11.3 Å². The SMILES string of the molecule is Cc1ccccc1OCCNC(=O)NCc1ccccc1F. The van der Waals surface area contributed by atoms with Gasteiger partial charge in [0, 0.05) is 12.1 Å². The molecule has 0 saturated heterocycles. The van der Waals surface area contributed by atoms with Crippen LogP contribution in [0.4, 0.5) is 9.18 Å². The third kappa shape index (κ3) is 4.77. The zero-order valence-corrected chi connectivity index (χ0v) is 12.4. The lowest BCUT2D eigenvalue weighted by Crippen LogP contribution is -2.37. The van der Waals surface area contributed by atoms with Gasteiger partial charge >= 0.3 is 6.03 Å². The average Bonchev–Trinajstić information content (AvgIpc) is 2.52. The molecule has 5 heteroatoms. The molecule has 2 rings (SSSR count). The molecule has 0 unspecified atom stereocenters. The van der Waals surface area contributed by atoms with Crippen LogP contribution in [0.15, 0.2) is 48.5 Å². The predicted molar refractivity (Wildman–Crippen MR) is 83.3 cm³/mol. The lowest BCUT2D eigenvalue weighted by molar-refractivity contribution is 0.236. The van der Waals surface area contributed by atoms with Gasteiger partial charge in [0.1, 0.15) is 18.2 Å². The minimum absolute atomic E-state index is 0.150. The fraction of sp³-hybridized carbons (Fsp3) is 0.235. The number of ether oxygens (including phenoxy) is 1. The Kier molecular flexibility index (Phi) is 5.77. The van der Waals surface area contributed by atoms with Crippen molar-refractivity contribution >= 4 is 6.03 Å². The molecule has 0 saturated carbocycles. The van der Waals surface area contributed by atoms with Gasteiger partial charge in [0.2, 0.25) is 0 Å². The van der Waals surface area contributed by atoms with Crippen LogP contribution in [0.3, 0.4) is 0 Å². The first-order valence-corrected chi connectivity index (χ1v) is 7.10. The van der Waals surface area contributed by atoms with Crippen molar-refractivity contribution in [2.75, 3.05) is 13.2 Å². The fourth-order valence-corrected chi connectivity index (χ4v) is 1.92. The van der Waals surface area contributed by atoms with Gasteiger partial charge in [-0.3, -0.25) is 0 Å². The van der Waals surface area contributed by atoms with Gasteiger partial charge in [-0.15, -0.1) is 0 Å². The van der Waals surface area contributed by atoms with E-state index in [1.807, 2.05) is 31.2 Å². The highest BCUT2D eigenvalue weighted by molar-refractivity contribution is 5.73. The predicted octanol–water partition coefficient (Wildman–Crippen LogP) is 3.01. The van der Waals surface area contributed by atoms with Gasteiger partial charge in [0.05, 0.1) is 6.54 Å². The topological polar surface area (TPSA) is 50.4 Å². The number of halogens is 1. The van der Waals surface area contributed by atoms with Gasteiger partial charge in [-0.05, 0) is 24.6 Å². The van der Waals surface area contributed by atoms with Crippen molar-refractivity contribution in [3.8, 4) is 5.75 Å². The van der Waals surface area contributed by atoms with Crippen molar-refractivity contribution in [1.29, 1.82) is 0 Å². The molecule has 2 aromatic rings. The summed E-state index contributed by atoms with van der Waals surface area (Å²) in [5.74, 6) is 0.474. The second-order valence-electron chi connectivity index (χ2n) is 4.81. The van der Waals surface area contributed by atoms with E-state index >= 15 is 0 Å². The molecule has 2 N–H and O–H groups in total. The summed E-state index contributed by atoms with van der Waals surface area (Å²) in [5, 5.41) is 5.27. The lowest BCUT2D eigenvalue weighted by atomic mass is 10.2. The number of hydrogen-bond donors (Lipinski definition) is 2. The highest BCUT2D eigenvalue weighted by atomic mass is 19.1. The summed E-state index contributed by atoms with van der Waals surface area (Å²) in [4.78, 5) is 11.6. The molecule has 0 radical (unpaired) electrons. The Labute approximate surface area is 129 Å².